The Bertz CT molecular complexity index is 495. The number of benzene rings is 1. The van der Waals surface area contributed by atoms with Gasteiger partial charge in [0.05, 0.1) is 5.69 Å². The molecule has 0 aliphatic heterocycles. The molecule has 5 heteroatoms. The Morgan fingerprint density at radius 2 is 2.06 bits per heavy atom. The molecule has 1 heterocycles. The Balaban J connectivity index is 1.81. The first-order valence-electron chi connectivity index (χ1n) is 5.76. The minimum absolute atomic E-state index is 0.644. The zero-order valence-electron chi connectivity index (χ0n) is 10.3. The zero-order valence-corrected chi connectivity index (χ0v) is 11.8. The van der Waals surface area contributed by atoms with Crippen molar-refractivity contribution in [3.05, 3.63) is 45.9 Å². The van der Waals surface area contributed by atoms with Crippen LogP contribution in [0, 0.1) is 0 Å². The van der Waals surface area contributed by atoms with E-state index >= 15 is 0 Å². The number of aromatic nitrogens is 1. The van der Waals surface area contributed by atoms with E-state index in [4.69, 9.17) is 17.3 Å². The molecule has 2 rings (SSSR count). The first-order chi connectivity index (χ1) is 8.63. The maximum Gasteiger partial charge on any atom is 0.180 e. The molecule has 2 aromatic rings. The van der Waals surface area contributed by atoms with Crippen LogP contribution in [0.3, 0.4) is 0 Å². The third kappa shape index (κ3) is 3.98. The van der Waals surface area contributed by atoms with Crippen molar-refractivity contribution in [1.82, 2.24) is 9.88 Å². The molecule has 18 heavy (non-hydrogen) atoms. The third-order valence-corrected chi connectivity index (χ3v) is 3.66. The molecule has 0 aliphatic rings. The van der Waals surface area contributed by atoms with Crippen molar-refractivity contribution in [2.45, 2.75) is 13.0 Å². The van der Waals surface area contributed by atoms with Gasteiger partial charge in [-0.15, -0.1) is 11.3 Å². The summed E-state index contributed by atoms with van der Waals surface area (Å²) >= 11 is 7.35. The minimum atomic E-state index is 0.644. The highest BCUT2D eigenvalue weighted by Crippen LogP contribution is 2.13. The largest absolute Gasteiger partial charge is 0.375 e. The summed E-state index contributed by atoms with van der Waals surface area (Å²) in [5.74, 6) is 0. The summed E-state index contributed by atoms with van der Waals surface area (Å²) < 4.78 is 0. The Labute approximate surface area is 116 Å². The van der Waals surface area contributed by atoms with Crippen LogP contribution in [0.15, 0.2) is 29.6 Å². The van der Waals surface area contributed by atoms with Gasteiger partial charge in [0.1, 0.15) is 0 Å². The van der Waals surface area contributed by atoms with E-state index in [1.807, 2.05) is 17.5 Å². The number of nitrogens with two attached hydrogens (primary N) is 1. The highest BCUT2D eigenvalue weighted by molar-refractivity contribution is 7.13. The van der Waals surface area contributed by atoms with Crippen LogP contribution in [0.2, 0.25) is 5.02 Å². The van der Waals surface area contributed by atoms with E-state index in [1.54, 1.807) is 0 Å². The number of halogens is 1. The molecule has 0 atom stereocenters. The molecule has 0 saturated heterocycles. The van der Waals surface area contributed by atoms with Gasteiger partial charge in [0.2, 0.25) is 0 Å². The molecular formula is C13H16ClN3S. The summed E-state index contributed by atoms with van der Waals surface area (Å²) in [7, 11) is 2.10. The van der Waals surface area contributed by atoms with E-state index in [2.05, 4.69) is 29.1 Å². The number of anilines is 1. The molecule has 0 aliphatic carbocycles. The normalized spacial score (nSPS) is 11.1. The van der Waals surface area contributed by atoms with Crippen molar-refractivity contribution in [2.24, 2.45) is 0 Å². The molecule has 0 radical (unpaired) electrons. The minimum Gasteiger partial charge on any atom is -0.375 e. The summed E-state index contributed by atoms with van der Waals surface area (Å²) in [5.41, 5.74) is 7.94. The van der Waals surface area contributed by atoms with Crippen LogP contribution >= 0.6 is 22.9 Å². The third-order valence-electron chi connectivity index (χ3n) is 2.68. The Kier molecular flexibility index (Phi) is 4.58. The Morgan fingerprint density at radius 1 is 1.33 bits per heavy atom. The lowest BCUT2D eigenvalue weighted by Gasteiger charge is -2.15. The smallest absolute Gasteiger partial charge is 0.180 e. The van der Waals surface area contributed by atoms with Gasteiger partial charge in [-0.3, -0.25) is 0 Å². The Morgan fingerprint density at radius 3 is 2.67 bits per heavy atom. The summed E-state index contributed by atoms with van der Waals surface area (Å²) in [6, 6.07) is 7.96. The lowest BCUT2D eigenvalue weighted by Crippen LogP contribution is -2.20. The first-order valence-corrected chi connectivity index (χ1v) is 7.02. The monoisotopic (exact) mass is 281 g/mol. The second-order valence-electron chi connectivity index (χ2n) is 4.29. The van der Waals surface area contributed by atoms with Gasteiger partial charge < -0.3 is 10.6 Å². The molecule has 0 fully saturated rings. The van der Waals surface area contributed by atoms with E-state index in [1.165, 1.54) is 16.9 Å². The van der Waals surface area contributed by atoms with Crippen LogP contribution < -0.4 is 5.73 Å². The number of nitrogens with zero attached hydrogens (tertiary/aromatic N) is 2. The van der Waals surface area contributed by atoms with Gasteiger partial charge in [-0.25, -0.2) is 4.98 Å². The first kappa shape index (κ1) is 13.3. The SMILES string of the molecule is CN(CCc1csc(N)n1)Cc1ccc(Cl)cc1. The summed E-state index contributed by atoms with van der Waals surface area (Å²) in [5, 5.41) is 3.44. The molecule has 96 valence electrons. The van der Waals surface area contributed by atoms with E-state index < -0.39 is 0 Å². The number of nitrogen functional groups attached to an aromatic ring is 1. The zero-order chi connectivity index (χ0) is 13.0. The van der Waals surface area contributed by atoms with Crippen LogP contribution in [0.5, 0.6) is 0 Å². The van der Waals surface area contributed by atoms with Crippen molar-refractivity contribution in [3.8, 4) is 0 Å². The van der Waals surface area contributed by atoms with E-state index in [0.717, 1.165) is 30.2 Å². The van der Waals surface area contributed by atoms with Gasteiger partial charge in [0.15, 0.2) is 5.13 Å². The van der Waals surface area contributed by atoms with Gasteiger partial charge in [-0.05, 0) is 24.7 Å². The fraction of sp³-hybridized carbons (Fsp3) is 0.308. The van der Waals surface area contributed by atoms with Gasteiger partial charge in [0.25, 0.3) is 0 Å². The second-order valence-corrected chi connectivity index (χ2v) is 5.62. The van der Waals surface area contributed by atoms with Crippen molar-refractivity contribution in [3.63, 3.8) is 0 Å². The van der Waals surface area contributed by atoms with Gasteiger partial charge in [0, 0.05) is 29.9 Å². The molecule has 0 unspecified atom stereocenters. The quantitative estimate of drug-likeness (QED) is 0.916. The topological polar surface area (TPSA) is 42.1 Å². The van der Waals surface area contributed by atoms with Gasteiger partial charge in [-0.2, -0.15) is 0 Å². The molecule has 0 bridgehead atoms. The highest BCUT2D eigenvalue weighted by Gasteiger charge is 2.03. The molecule has 0 saturated carbocycles. The number of likely N-dealkylation sites (N-methyl/N-ethyl adjacent to an activating group) is 1. The van der Waals surface area contributed by atoms with Crippen molar-refractivity contribution in [2.75, 3.05) is 19.3 Å². The summed E-state index contributed by atoms with van der Waals surface area (Å²) in [6.07, 6.45) is 0.928. The molecule has 2 N–H and O–H groups in total. The predicted molar refractivity (Wildman–Crippen MR) is 78.0 cm³/mol. The van der Waals surface area contributed by atoms with Crippen LogP contribution in [0.25, 0.3) is 0 Å². The number of hydrogen-bond donors (Lipinski definition) is 1. The summed E-state index contributed by atoms with van der Waals surface area (Å²) in [4.78, 5) is 6.52. The van der Waals surface area contributed by atoms with Crippen LogP contribution in [-0.4, -0.2) is 23.5 Å². The lowest BCUT2D eigenvalue weighted by atomic mass is 10.2. The van der Waals surface area contributed by atoms with Crippen molar-refractivity contribution in [1.29, 1.82) is 0 Å². The standard InChI is InChI=1S/C13H16ClN3S/c1-17(7-6-12-9-18-13(15)16-12)8-10-2-4-11(14)5-3-10/h2-5,9H,6-8H2,1H3,(H2,15,16). The van der Waals surface area contributed by atoms with Gasteiger partial charge >= 0.3 is 0 Å². The predicted octanol–water partition coefficient (Wildman–Crippen LogP) is 3.05. The van der Waals surface area contributed by atoms with Gasteiger partial charge in [-0.1, -0.05) is 23.7 Å². The molecule has 0 spiro atoms. The average molecular weight is 282 g/mol. The highest BCUT2D eigenvalue weighted by atomic mass is 35.5. The molecule has 1 aromatic heterocycles. The molecule has 0 amide bonds. The van der Waals surface area contributed by atoms with E-state index in [-0.39, 0.29) is 0 Å². The van der Waals surface area contributed by atoms with E-state index in [9.17, 15) is 0 Å². The second kappa shape index (κ2) is 6.18. The maximum atomic E-state index is 5.86. The van der Waals surface area contributed by atoms with Crippen LogP contribution in [0.1, 0.15) is 11.3 Å². The van der Waals surface area contributed by atoms with Crippen molar-refractivity contribution >= 4 is 28.1 Å². The van der Waals surface area contributed by atoms with Crippen LogP contribution in [-0.2, 0) is 13.0 Å². The van der Waals surface area contributed by atoms with Crippen molar-refractivity contribution < 1.29 is 0 Å². The summed E-state index contributed by atoms with van der Waals surface area (Å²) in [6.45, 7) is 1.88. The number of thiazole rings is 1. The molecule has 3 nitrogen and oxygen atoms in total. The molecular weight excluding hydrogens is 266 g/mol. The average Bonchev–Trinajstić information content (AvgIpc) is 2.76. The fourth-order valence-electron chi connectivity index (χ4n) is 1.72. The molecule has 1 aromatic carbocycles. The number of rotatable bonds is 5. The Hall–Kier alpha value is -1.10. The maximum absolute atomic E-state index is 5.86. The van der Waals surface area contributed by atoms with E-state index in [0.29, 0.717) is 5.13 Å². The lowest BCUT2D eigenvalue weighted by molar-refractivity contribution is 0.330. The van der Waals surface area contributed by atoms with Crippen LogP contribution in [0.4, 0.5) is 5.13 Å². The fourth-order valence-corrected chi connectivity index (χ4v) is 2.45. The number of hydrogen-bond acceptors (Lipinski definition) is 4.